The van der Waals surface area contributed by atoms with E-state index in [2.05, 4.69) is 21.2 Å². The Balaban J connectivity index is 2.11. The predicted molar refractivity (Wildman–Crippen MR) is 84.0 cm³/mol. The number of phenols is 1. The smallest absolute Gasteiger partial charge is 0.127 e. The molecular formula is C16H17BrFNO2. The maximum absolute atomic E-state index is 13.7. The molecule has 3 nitrogen and oxygen atoms in total. The van der Waals surface area contributed by atoms with Gasteiger partial charge in [0, 0.05) is 28.2 Å². The van der Waals surface area contributed by atoms with Crippen LogP contribution in [-0.2, 0) is 6.54 Å². The lowest BCUT2D eigenvalue weighted by atomic mass is 10.1. The van der Waals surface area contributed by atoms with Gasteiger partial charge in [0.25, 0.3) is 0 Å². The van der Waals surface area contributed by atoms with Gasteiger partial charge in [0.15, 0.2) is 0 Å². The normalized spacial score (nSPS) is 12.2. The number of rotatable bonds is 5. The summed E-state index contributed by atoms with van der Waals surface area (Å²) in [6, 6.07) is 9.74. The zero-order valence-corrected chi connectivity index (χ0v) is 13.4. The molecule has 2 rings (SSSR count). The van der Waals surface area contributed by atoms with Gasteiger partial charge in [0.2, 0.25) is 0 Å². The van der Waals surface area contributed by atoms with Gasteiger partial charge in [-0.05, 0) is 43.3 Å². The molecule has 1 unspecified atom stereocenters. The Morgan fingerprint density at radius 2 is 2.05 bits per heavy atom. The summed E-state index contributed by atoms with van der Waals surface area (Å²) in [5.74, 6) is 0.600. The fourth-order valence-corrected chi connectivity index (χ4v) is 2.47. The molecule has 0 bridgehead atoms. The van der Waals surface area contributed by atoms with Gasteiger partial charge in [0.1, 0.15) is 17.3 Å². The summed E-state index contributed by atoms with van der Waals surface area (Å²) in [7, 11) is 1.57. The third-order valence-electron chi connectivity index (χ3n) is 3.31. The van der Waals surface area contributed by atoms with E-state index in [1.165, 1.54) is 6.07 Å². The molecule has 0 heterocycles. The molecule has 2 aromatic carbocycles. The average Bonchev–Trinajstić information content (AvgIpc) is 2.48. The number of halogens is 2. The van der Waals surface area contributed by atoms with Gasteiger partial charge >= 0.3 is 0 Å². The molecule has 0 aliphatic carbocycles. The molecule has 0 aliphatic rings. The monoisotopic (exact) mass is 353 g/mol. The number of benzene rings is 2. The van der Waals surface area contributed by atoms with Crippen LogP contribution in [0.1, 0.15) is 24.1 Å². The molecule has 0 spiro atoms. The number of phenolic OH excluding ortho intramolecular Hbond substituents is 1. The van der Waals surface area contributed by atoms with E-state index < -0.39 is 0 Å². The van der Waals surface area contributed by atoms with Crippen molar-refractivity contribution in [2.75, 3.05) is 7.11 Å². The van der Waals surface area contributed by atoms with Gasteiger partial charge in [-0.25, -0.2) is 4.39 Å². The SMILES string of the molecule is COc1ccc(O)c(C(C)NCc2cc(Br)ccc2F)c1. The molecule has 2 N–H and O–H groups in total. The molecule has 5 heteroatoms. The number of hydrogen-bond acceptors (Lipinski definition) is 3. The van der Waals surface area contributed by atoms with Gasteiger partial charge in [-0.1, -0.05) is 15.9 Å². The third-order valence-corrected chi connectivity index (χ3v) is 3.80. The lowest BCUT2D eigenvalue weighted by Gasteiger charge is -2.17. The maximum atomic E-state index is 13.7. The predicted octanol–water partition coefficient (Wildman–Crippen LogP) is 4.15. The number of hydrogen-bond donors (Lipinski definition) is 2. The molecule has 21 heavy (non-hydrogen) atoms. The van der Waals surface area contributed by atoms with Crippen LogP contribution < -0.4 is 10.1 Å². The minimum Gasteiger partial charge on any atom is -0.508 e. The Morgan fingerprint density at radius 1 is 1.29 bits per heavy atom. The summed E-state index contributed by atoms with van der Waals surface area (Å²) in [4.78, 5) is 0. The maximum Gasteiger partial charge on any atom is 0.127 e. The van der Waals surface area contributed by atoms with Crippen molar-refractivity contribution in [2.24, 2.45) is 0 Å². The highest BCUT2D eigenvalue weighted by Gasteiger charge is 2.12. The Bertz CT molecular complexity index is 634. The third kappa shape index (κ3) is 3.95. The van der Waals surface area contributed by atoms with E-state index in [1.54, 1.807) is 37.4 Å². The Hall–Kier alpha value is -1.59. The number of nitrogens with one attached hydrogen (secondary N) is 1. The topological polar surface area (TPSA) is 41.5 Å². The molecule has 0 saturated heterocycles. The quantitative estimate of drug-likeness (QED) is 0.848. The van der Waals surface area contributed by atoms with Crippen molar-refractivity contribution >= 4 is 15.9 Å². The van der Waals surface area contributed by atoms with E-state index in [4.69, 9.17) is 4.74 Å². The fourth-order valence-electron chi connectivity index (χ4n) is 2.06. The lowest BCUT2D eigenvalue weighted by Crippen LogP contribution is -2.19. The summed E-state index contributed by atoms with van der Waals surface area (Å²) in [6.45, 7) is 2.27. The molecule has 0 aliphatic heterocycles. The van der Waals surface area contributed by atoms with Gasteiger partial charge in [-0.2, -0.15) is 0 Å². The first-order valence-corrected chi connectivity index (χ1v) is 7.34. The molecule has 0 aromatic heterocycles. The molecular weight excluding hydrogens is 337 g/mol. The number of aromatic hydroxyl groups is 1. The van der Waals surface area contributed by atoms with Crippen molar-refractivity contribution in [3.63, 3.8) is 0 Å². The van der Waals surface area contributed by atoms with Crippen molar-refractivity contribution in [3.8, 4) is 11.5 Å². The summed E-state index contributed by atoms with van der Waals surface area (Å²) in [6.07, 6.45) is 0. The van der Waals surface area contributed by atoms with E-state index in [-0.39, 0.29) is 17.6 Å². The van der Waals surface area contributed by atoms with Crippen molar-refractivity contribution in [2.45, 2.75) is 19.5 Å². The lowest BCUT2D eigenvalue weighted by molar-refractivity contribution is 0.407. The van der Waals surface area contributed by atoms with Crippen LogP contribution in [0.25, 0.3) is 0 Å². The van der Waals surface area contributed by atoms with Crippen LogP contribution in [0, 0.1) is 5.82 Å². The molecule has 2 aromatic rings. The van der Waals surface area contributed by atoms with Crippen LogP contribution in [0.5, 0.6) is 11.5 Å². The highest BCUT2D eigenvalue weighted by atomic mass is 79.9. The first-order chi connectivity index (χ1) is 10.0. The largest absolute Gasteiger partial charge is 0.508 e. The summed E-state index contributed by atoms with van der Waals surface area (Å²) >= 11 is 3.33. The highest BCUT2D eigenvalue weighted by Crippen LogP contribution is 2.28. The Morgan fingerprint density at radius 3 is 2.76 bits per heavy atom. The van der Waals surface area contributed by atoms with Crippen LogP contribution in [0.2, 0.25) is 0 Å². The minimum absolute atomic E-state index is 0.140. The number of ether oxygens (including phenoxy) is 1. The van der Waals surface area contributed by atoms with E-state index in [0.29, 0.717) is 23.4 Å². The van der Waals surface area contributed by atoms with Crippen LogP contribution in [0.3, 0.4) is 0 Å². The van der Waals surface area contributed by atoms with Gasteiger partial charge < -0.3 is 15.2 Å². The Kier molecular flexibility index (Phi) is 5.20. The van der Waals surface area contributed by atoms with E-state index in [9.17, 15) is 9.50 Å². The van der Waals surface area contributed by atoms with Crippen molar-refractivity contribution in [1.82, 2.24) is 5.32 Å². The first kappa shape index (κ1) is 15.8. The zero-order chi connectivity index (χ0) is 15.4. The average molecular weight is 354 g/mol. The van der Waals surface area contributed by atoms with Crippen molar-refractivity contribution in [3.05, 3.63) is 57.8 Å². The fraction of sp³-hybridized carbons (Fsp3) is 0.250. The zero-order valence-electron chi connectivity index (χ0n) is 11.9. The molecule has 0 saturated carbocycles. The van der Waals surface area contributed by atoms with Gasteiger partial charge in [-0.15, -0.1) is 0 Å². The molecule has 1 atom stereocenters. The minimum atomic E-state index is -0.257. The second kappa shape index (κ2) is 6.91. The van der Waals surface area contributed by atoms with Gasteiger partial charge in [0.05, 0.1) is 7.11 Å². The van der Waals surface area contributed by atoms with Crippen LogP contribution >= 0.6 is 15.9 Å². The summed E-state index contributed by atoms with van der Waals surface area (Å²) in [5, 5.41) is 13.1. The first-order valence-electron chi connectivity index (χ1n) is 6.55. The molecule has 0 amide bonds. The molecule has 0 radical (unpaired) electrons. The van der Waals surface area contributed by atoms with Gasteiger partial charge in [-0.3, -0.25) is 0 Å². The second-order valence-electron chi connectivity index (χ2n) is 4.76. The second-order valence-corrected chi connectivity index (χ2v) is 5.68. The molecule has 112 valence electrons. The van der Waals surface area contributed by atoms with Crippen molar-refractivity contribution < 1.29 is 14.2 Å². The Labute approximate surface area is 131 Å². The standard InChI is InChI=1S/C16H17BrFNO2/c1-10(14-8-13(21-2)4-6-16(14)20)19-9-11-7-12(17)3-5-15(11)18/h3-8,10,19-20H,9H2,1-2H3. The van der Waals surface area contributed by atoms with E-state index in [1.807, 2.05) is 6.92 Å². The molecule has 0 fully saturated rings. The summed E-state index contributed by atoms with van der Waals surface area (Å²) < 4.78 is 19.7. The van der Waals surface area contributed by atoms with Crippen LogP contribution in [-0.4, -0.2) is 12.2 Å². The number of methoxy groups -OCH3 is 1. The van der Waals surface area contributed by atoms with E-state index in [0.717, 1.165) is 4.47 Å². The van der Waals surface area contributed by atoms with Crippen LogP contribution in [0.15, 0.2) is 40.9 Å². The summed E-state index contributed by atoms with van der Waals surface area (Å²) in [5.41, 5.74) is 1.28. The van der Waals surface area contributed by atoms with Crippen LogP contribution in [0.4, 0.5) is 4.39 Å². The van der Waals surface area contributed by atoms with Crippen molar-refractivity contribution in [1.29, 1.82) is 0 Å². The highest BCUT2D eigenvalue weighted by molar-refractivity contribution is 9.10. The van der Waals surface area contributed by atoms with E-state index >= 15 is 0 Å².